The van der Waals surface area contributed by atoms with Gasteiger partial charge >= 0.3 is 5.69 Å². The minimum absolute atomic E-state index is 0.0780. The Morgan fingerprint density at radius 3 is 2.50 bits per heavy atom. The molecule has 0 fully saturated rings. The largest absolute Gasteiger partial charge is 0.354 e. The Bertz CT molecular complexity index is 969. The molecule has 2 aromatic rings. The third kappa shape index (κ3) is 4.03. The Kier molecular flexibility index (Phi) is 6.01. The van der Waals surface area contributed by atoms with Crippen LogP contribution in [0.5, 0.6) is 0 Å². The summed E-state index contributed by atoms with van der Waals surface area (Å²) in [6, 6.07) is 5.14. The molecule has 2 rings (SSSR count). The van der Waals surface area contributed by atoms with Crippen molar-refractivity contribution in [3.8, 4) is 6.07 Å². The average Bonchev–Trinajstić information content (AvgIpc) is 2.61. The molecule has 26 heavy (non-hydrogen) atoms. The Labute approximate surface area is 147 Å². The van der Waals surface area contributed by atoms with Crippen LogP contribution in [0.3, 0.4) is 0 Å². The molecule has 0 unspecified atom stereocenters. The summed E-state index contributed by atoms with van der Waals surface area (Å²) in [5.41, 5.74) is -2.00. The van der Waals surface area contributed by atoms with Crippen LogP contribution in [0.25, 0.3) is 0 Å². The van der Waals surface area contributed by atoms with Gasteiger partial charge < -0.3 is 5.32 Å². The van der Waals surface area contributed by atoms with E-state index in [1.54, 1.807) is 13.0 Å². The van der Waals surface area contributed by atoms with Gasteiger partial charge in [-0.1, -0.05) is 6.07 Å². The second-order valence-electron chi connectivity index (χ2n) is 5.41. The van der Waals surface area contributed by atoms with Crippen LogP contribution in [0.1, 0.15) is 18.1 Å². The van der Waals surface area contributed by atoms with Crippen molar-refractivity contribution >= 4 is 5.91 Å². The molecule has 136 valence electrons. The summed E-state index contributed by atoms with van der Waals surface area (Å²) in [5.74, 6) is -2.12. The second kappa shape index (κ2) is 8.20. The van der Waals surface area contributed by atoms with Crippen molar-refractivity contribution in [2.24, 2.45) is 0 Å². The van der Waals surface area contributed by atoms with Crippen molar-refractivity contribution in [3.63, 3.8) is 0 Å². The summed E-state index contributed by atoms with van der Waals surface area (Å²) in [5, 5.41) is 11.4. The molecule has 0 saturated carbocycles. The molecule has 7 nitrogen and oxygen atoms in total. The molecule has 1 heterocycles. The number of benzene rings is 1. The van der Waals surface area contributed by atoms with Crippen LogP contribution < -0.4 is 16.6 Å². The number of rotatable bonds is 6. The lowest BCUT2D eigenvalue weighted by molar-refractivity contribution is -0.121. The highest BCUT2D eigenvalue weighted by molar-refractivity contribution is 5.75. The third-order valence-electron chi connectivity index (χ3n) is 3.76. The van der Waals surface area contributed by atoms with Crippen molar-refractivity contribution in [2.45, 2.75) is 26.4 Å². The molecule has 0 radical (unpaired) electrons. The summed E-state index contributed by atoms with van der Waals surface area (Å²) in [6.07, 6.45) is 1.05. The van der Waals surface area contributed by atoms with Crippen molar-refractivity contribution in [1.82, 2.24) is 14.5 Å². The van der Waals surface area contributed by atoms with Crippen LogP contribution in [0, 0.1) is 23.0 Å². The van der Waals surface area contributed by atoms with Gasteiger partial charge in [-0.15, -0.1) is 0 Å². The van der Waals surface area contributed by atoms with E-state index in [0.717, 1.165) is 22.9 Å². The number of nitrogens with one attached hydrogen (secondary N) is 1. The number of nitrogens with zero attached hydrogens (tertiary/aromatic N) is 3. The van der Waals surface area contributed by atoms with E-state index in [1.165, 1.54) is 6.07 Å². The number of carbonyl (C=O) groups excluding carboxylic acids is 1. The summed E-state index contributed by atoms with van der Waals surface area (Å²) >= 11 is 0. The molecule has 1 N–H and O–H groups in total. The SMILES string of the molecule is CCn1cc(C#N)c(=O)n(CC(=O)NCCc2c(F)cccc2F)c1=O. The fourth-order valence-electron chi connectivity index (χ4n) is 2.39. The van der Waals surface area contributed by atoms with E-state index in [2.05, 4.69) is 5.32 Å². The molecule has 0 aliphatic rings. The Morgan fingerprint density at radius 2 is 1.92 bits per heavy atom. The maximum absolute atomic E-state index is 13.5. The van der Waals surface area contributed by atoms with Gasteiger partial charge in [-0.25, -0.2) is 18.1 Å². The van der Waals surface area contributed by atoms with E-state index in [9.17, 15) is 23.2 Å². The Hall–Kier alpha value is -3.28. The second-order valence-corrected chi connectivity index (χ2v) is 5.41. The minimum Gasteiger partial charge on any atom is -0.354 e. The van der Waals surface area contributed by atoms with Gasteiger partial charge in [0.05, 0.1) is 0 Å². The van der Waals surface area contributed by atoms with Crippen molar-refractivity contribution in [3.05, 3.63) is 68.0 Å². The lowest BCUT2D eigenvalue weighted by Gasteiger charge is -2.10. The number of amides is 1. The van der Waals surface area contributed by atoms with Gasteiger partial charge in [-0.3, -0.25) is 14.2 Å². The first-order chi connectivity index (χ1) is 12.4. The first-order valence-electron chi connectivity index (χ1n) is 7.83. The van der Waals surface area contributed by atoms with Gasteiger partial charge in [0.25, 0.3) is 5.56 Å². The van der Waals surface area contributed by atoms with Gasteiger partial charge in [0.2, 0.25) is 5.91 Å². The first kappa shape index (κ1) is 19.1. The van der Waals surface area contributed by atoms with E-state index in [1.807, 2.05) is 0 Å². The molecule has 0 bridgehead atoms. The number of aromatic nitrogens is 2. The zero-order valence-electron chi connectivity index (χ0n) is 14.0. The van der Waals surface area contributed by atoms with E-state index in [4.69, 9.17) is 5.26 Å². The normalized spacial score (nSPS) is 10.4. The van der Waals surface area contributed by atoms with Gasteiger partial charge in [0.1, 0.15) is 29.8 Å². The maximum Gasteiger partial charge on any atom is 0.331 e. The number of nitriles is 1. The molecular weight excluding hydrogens is 346 g/mol. The van der Waals surface area contributed by atoms with Gasteiger partial charge in [-0.2, -0.15) is 5.26 Å². The fraction of sp³-hybridized carbons (Fsp3) is 0.294. The smallest absolute Gasteiger partial charge is 0.331 e. The number of carbonyl (C=O) groups is 1. The van der Waals surface area contributed by atoms with Crippen LogP contribution in [0.4, 0.5) is 8.78 Å². The van der Waals surface area contributed by atoms with Crippen LogP contribution in [0.15, 0.2) is 34.0 Å². The number of hydrogen-bond donors (Lipinski definition) is 1. The van der Waals surface area contributed by atoms with Gasteiger partial charge in [0.15, 0.2) is 0 Å². The predicted octanol–water partition coefficient (Wildman–Crippen LogP) is 0.539. The fourth-order valence-corrected chi connectivity index (χ4v) is 2.39. The van der Waals surface area contributed by atoms with E-state index < -0.39 is 35.3 Å². The maximum atomic E-state index is 13.5. The first-order valence-corrected chi connectivity index (χ1v) is 7.83. The number of hydrogen-bond acceptors (Lipinski definition) is 4. The highest BCUT2D eigenvalue weighted by Crippen LogP contribution is 2.11. The van der Waals surface area contributed by atoms with Crippen LogP contribution in [-0.2, 0) is 24.3 Å². The number of aryl methyl sites for hydroxylation is 1. The molecule has 0 aliphatic carbocycles. The molecule has 1 aromatic heterocycles. The minimum atomic E-state index is -0.863. The summed E-state index contributed by atoms with van der Waals surface area (Å²) in [6.45, 7) is 1.21. The van der Waals surface area contributed by atoms with Crippen molar-refractivity contribution in [2.75, 3.05) is 6.54 Å². The summed E-state index contributed by atoms with van der Waals surface area (Å²) in [4.78, 5) is 36.2. The Morgan fingerprint density at radius 1 is 1.27 bits per heavy atom. The highest BCUT2D eigenvalue weighted by atomic mass is 19.1. The molecule has 0 aliphatic heterocycles. The van der Waals surface area contributed by atoms with Gasteiger partial charge in [0, 0.05) is 24.8 Å². The zero-order chi connectivity index (χ0) is 19.3. The van der Waals surface area contributed by atoms with Crippen LogP contribution in [-0.4, -0.2) is 21.6 Å². The summed E-state index contributed by atoms with van der Waals surface area (Å²) < 4.78 is 28.8. The van der Waals surface area contributed by atoms with Crippen LogP contribution in [0.2, 0.25) is 0 Å². The number of halogens is 2. The summed E-state index contributed by atoms with van der Waals surface area (Å²) in [7, 11) is 0. The van der Waals surface area contributed by atoms with E-state index in [0.29, 0.717) is 4.57 Å². The quantitative estimate of drug-likeness (QED) is 0.811. The van der Waals surface area contributed by atoms with Crippen LogP contribution >= 0.6 is 0 Å². The predicted molar refractivity (Wildman–Crippen MR) is 88.4 cm³/mol. The average molecular weight is 362 g/mol. The lowest BCUT2D eigenvalue weighted by atomic mass is 10.1. The van der Waals surface area contributed by atoms with E-state index in [-0.39, 0.29) is 30.6 Å². The van der Waals surface area contributed by atoms with E-state index >= 15 is 0 Å². The highest BCUT2D eigenvalue weighted by Gasteiger charge is 2.14. The standard InChI is InChI=1S/C17H16F2N4O3/c1-2-22-9-11(8-20)16(25)23(17(22)26)10-15(24)21-7-6-12-13(18)4-3-5-14(12)19/h3-5,9H,2,6-7,10H2,1H3,(H,21,24). The molecule has 1 amide bonds. The lowest BCUT2D eigenvalue weighted by Crippen LogP contribution is -2.44. The molecule has 9 heteroatoms. The molecule has 0 atom stereocenters. The topological polar surface area (TPSA) is 96.9 Å². The van der Waals surface area contributed by atoms with Crippen molar-refractivity contribution < 1.29 is 13.6 Å². The molecular formula is C17H16F2N4O3. The molecule has 1 aromatic carbocycles. The molecule has 0 spiro atoms. The third-order valence-corrected chi connectivity index (χ3v) is 3.76. The van der Waals surface area contributed by atoms with Gasteiger partial charge in [-0.05, 0) is 25.5 Å². The van der Waals surface area contributed by atoms with Crippen molar-refractivity contribution in [1.29, 1.82) is 5.26 Å². The Balaban J connectivity index is 2.10. The monoisotopic (exact) mass is 362 g/mol. The molecule has 0 saturated heterocycles. The zero-order valence-corrected chi connectivity index (χ0v) is 14.0.